The number of hydrogen-bond acceptors (Lipinski definition) is 6. The van der Waals surface area contributed by atoms with Crippen molar-refractivity contribution in [3.8, 4) is 5.75 Å². The molecule has 0 spiro atoms. The van der Waals surface area contributed by atoms with Crippen molar-refractivity contribution in [1.82, 2.24) is 24.8 Å². The number of aryl methyl sites for hydroxylation is 2. The smallest absolute Gasteiger partial charge is 0.224 e. The van der Waals surface area contributed by atoms with E-state index in [0.717, 1.165) is 60.3 Å². The molecule has 7 nitrogen and oxygen atoms in total. The van der Waals surface area contributed by atoms with E-state index >= 15 is 0 Å². The lowest BCUT2D eigenvalue weighted by Crippen LogP contribution is -2.42. The van der Waals surface area contributed by atoms with Crippen LogP contribution in [0.25, 0.3) is 0 Å². The number of ether oxygens (including phenoxy) is 1. The molecule has 1 aliphatic heterocycles. The zero-order valence-corrected chi connectivity index (χ0v) is 19.1. The second-order valence-electron chi connectivity index (χ2n) is 8.02. The minimum Gasteiger partial charge on any atom is -0.497 e. The van der Waals surface area contributed by atoms with E-state index in [0.29, 0.717) is 0 Å². The van der Waals surface area contributed by atoms with Gasteiger partial charge in [0.25, 0.3) is 0 Å². The minimum atomic E-state index is -0.297. The summed E-state index contributed by atoms with van der Waals surface area (Å²) < 4.78 is 7.23. The molecule has 0 saturated carbocycles. The molecule has 0 aliphatic carbocycles. The molecule has 0 radical (unpaired) electrons. The number of carbonyl (C=O) groups is 1. The summed E-state index contributed by atoms with van der Waals surface area (Å²) in [5.41, 5.74) is 2.11. The molecule has 1 aromatic carbocycles. The van der Waals surface area contributed by atoms with E-state index in [4.69, 9.17) is 4.74 Å². The first-order chi connectivity index (χ1) is 15.0. The maximum Gasteiger partial charge on any atom is 0.224 e. The number of likely N-dealkylation sites (tertiary alicyclic amines) is 1. The number of thiazole rings is 1. The van der Waals surface area contributed by atoms with Crippen LogP contribution in [0.3, 0.4) is 0 Å². The molecule has 1 N–H and O–H groups in total. The molecule has 1 atom stereocenters. The van der Waals surface area contributed by atoms with Gasteiger partial charge in [-0.05, 0) is 50.6 Å². The fraction of sp³-hybridized carbons (Fsp3) is 0.435. The SMILES string of the molecule is COc1ccc(C(NC(=O)C2CCN(Cc3csc(C)n3)CC2)c2nccn2C)cc1. The van der Waals surface area contributed by atoms with Crippen LogP contribution in [-0.2, 0) is 18.4 Å². The first-order valence-electron chi connectivity index (χ1n) is 10.6. The van der Waals surface area contributed by atoms with Crippen molar-refractivity contribution < 1.29 is 9.53 Å². The quantitative estimate of drug-likeness (QED) is 0.612. The summed E-state index contributed by atoms with van der Waals surface area (Å²) in [5, 5.41) is 6.48. The number of hydrogen-bond donors (Lipinski definition) is 1. The van der Waals surface area contributed by atoms with Gasteiger partial charge >= 0.3 is 0 Å². The number of carbonyl (C=O) groups excluding carboxylic acids is 1. The summed E-state index contributed by atoms with van der Waals surface area (Å²) in [6.45, 7) is 4.71. The number of nitrogens with one attached hydrogen (secondary N) is 1. The largest absolute Gasteiger partial charge is 0.497 e. The van der Waals surface area contributed by atoms with Crippen LogP contribution in [0.15, 0.2) is 42.0 Å². The number of nitrogens with zero attached hydrogens (tertiary/aromatic N) is 4. The van der Waals surface area contributed by atoms with Crippen molar-refractivity contribution in [3.05, 3.63) is 64.1 Å². The Morgan fingerprint density at radius 1 is 1.29 bits per heavy atom. The number of imidazole rings is 1. The van der Waals surface area contributed by atoms with Crippen molar-refractivity contribution in [3.63, 3.8) is 0 Å². The zero-order valence-electron chi connectivity index (χ0n) is 18.2. The van der Waals surface area contributed by atoms with Crippen molar-refractivity contribution in [2.45, 2.75) is 32.4 Å². The van der Waals surface area contributed by atoms with Gasteiger partial charge in [-0.25, -0.2) is 9.97 Å². The molecule has 3 heterocycles. The molecule has 1 saturated heterocycles. The molecule has 3 aromatic rings. The Bertz CT molecular complexity index is 1010. The molecular formula is C23H29N5O2S. The standard InChI is InChI=1S/C23H29N5O2S/c1-16-25-19(15-31-16)14-28-11-8-18(9-12-28)23(29)26-21(22-24-10-13-27(22)2)17-4-6-20(30-3)7-5-17/h4-7,10,13,15,18,21H,8-9,11-12,14H2,1-3H3,(H,26,29). The highest BCUT2D eigenvalue weighted by Crippen LogP contribution is 2.26. The van der Waals surface area contributed by atoms with Crippen LogP contribution in [0.1, 0.15) is 41.0 Å². The number of rotatable bonds is 7. The number of amides is 1. The van der Waals surface area contributed by atoms with Gasteiger partial charge in [0, 0.05) is 37.3 Å². The molecule has 1 aliphatic rings. The van der Waals surface area contributed by atoms with E-state index in [1.54, 1.807) is 24.6 Å². The summed E-state index contributed by atoms with van der Waals surface area (Å²) in [4.78, 5) is 24.6. The lowest BCUT2D eigenvalue weighted by molar-refractivity contribution is -0.127. The average Bonchev–Trinajstić information content (AvgIpc) is 3.40. The van der Waals surface area contributed by atoms with Crippen LogP contribution in [0.5, 0.6) is 5.75 Å². The van der Waals surface area contributed by atoms with E-state index in [1.807, 2.05) is 49.0 Å². The number of piperidine rings is 1. The van der Waals surface area contributed by atoms with Gasteiger partial charge in [-0.15, -0.1) is 11.3 Å². The van der Waals surface area contributed by atoms with Crippen molar-refractivity contribution in [2.24, 2.45) is 13.0 Å². The lowest BCUT2D eigenvalue weighted by Gasteiger charge is -2.31. The van der Waals surface area contributed by atoms with Gasteiger partial charge in [0.2, 0.25) is 5.91 Å². The van der Waals surface area contributed by atoms with E-state index in [2.05, 4.69) is 25.6 Å². The molecule has 4 rings (SSSR count). The highest BCUT2D eigenvalue weighted by atomic mass is 32.1. The Balaban J connectivity index is 1.41. The number of methoxy groups -OCH3 is 1. The van der Waals surface area contributed by atoms with Gasteiger partial charge < -0.3 is 14.6 Å². The van der Waals surface area contributed by atoms with Crippen LogP contribution >= 0.6 is 11.3 Å². The monoisotopic (exact) mass is 439 g/mol. The fourth-order valence-corrected chi connectivity index (χ4v) is 4.68. The molecule has 1 fully saturated rings. The van der Waals surface area contributed by atoms with Crippen LogP contribution < -0.4 is 10.1 Å². The van der Waals surface area contributed by atoms with Gasteiger partial charge in [-0.3, -0.25) is 9.69 Å². The predicted molar refractivity (Wildman–Crippen MR) is 121 cm³/mol. The molecule has 164 valence electrons. The van der Waals surface area contributed by atoms with Gasteiger partial charge in [0.05, 0.1) is 17.8 Å². The molecule has 1 amide bonds. The molecule has 0 bridgehead atoms. The van der Waals surface area contributed by atoms with Gasteiger partial charge in [0.15, 0.2) is 0 Å². The highest BCUT2D eigenvalue weighted by molar-refractivity contribution is 7.09. The number of benzene rings is 1. The van der Waals surface area contributed by atoms with Crippen LogP contribution in [0.4, 0.5) is 0 Å². The lowest BCUT2D eigenvalue weighted by atomic mass is 9.94. The van der Waals surface area contributed by atoms with Crippen LogP contribution in [-0.4, -0.2) is 45.5 Å². The van der Waals surface area contributed by atoms with Crippen molar-refractivity contribution in [1.29, 1.82) is 0 Å². The third-order valence-corrected chi connectivity index (χ3v) is 6.69. The highest BCUT2D eigenvalue weighted by Gasteiger charge is 2.29. The number of aromatic nitrogens is 3. The summed E-state index contributed by atoms with van der Waals surface area (Å²) in [6.07, 6.45) is 5.36. The Morgan fingerprint density at radius 2 is 2.03 bits per heavy atom. The summed E-state index contributed by atoms with van der Waals surface area (Å²) in [5.74, 6) is 1.70. The van der Waals surface area contributed by atoms with Gasteiger partial charge in [-0.1, -0.05) is 12.1 Å². The zero-order chi connectivity index (χ0) is 21.8. The van der Waals surface area contributed by atoms with Gasteiger partial charge in [-0.2, -0.15) is 0 Å². The maximum atomic E-state index is 13.2. The normalized spacial score (nSPS) is 16.2. The average molecular weight is 440 g/mol. The van der Waals surface area contributed by atoms with E-state index in [1.165, 1.54) is 0 Å². The second-order valence-corrected chi connectivity index (χ2v) is 9.08. The third kappa shape index (κ3) is 5.14. The van der Waals surface area contributed by atoms with E-state index in [-0.39, 0.29) is 17.9 Å². The van der Waals surface area contributed by atoms with Crippen LogP contribution in [0, 0.1) is 12.8 Å². The van der Waals surface area contributed by atoms with Gasteiger partial charge in [0.1, 0.15) is 17.6 Å². The van der Waals surface area contributed by atoms with Crippen LogP contribution in [0.2, 0.25) is 0 Å². The van der Waals surface area contributed by atoms with Crippen molar-refractivity contribution in [2.75, 3.05) is 20.2 Å². The molecule has 8 heteroatoms. The topological polar surface area (TPSA) is 72.3 Å². The Labute approximate surface area is 187 Å². The van der Waals surface area contributed by atoms with E-state index in [9.17, 15) is 4.79 Å². The minimum absolute atomic E-state index is 0.00874. The Morgan fingerprint density at radius 3 is 2.61 bits per heavy atom. The first kappa shape index (κ1) is 21.5. The fourth-order valence-electron chi connectivity index (χ4n) is 4.07. The third-order valence-electron chi connectivity index (χ3n) is 5.86. The predicted octanol–water partition coefficient (Wildman–Crippen LogP) is 3.31. The second kappa shape index (κ2) is 9.62. The Hall–Kier alpha value is -2.71. The van der Waals surface area contributed by atoms with E-state index < -0.39 is 0 Å². The molecule has 1 unspecified atom stereocenters. The maximum absolute atomic E-state index is 13.2. The van der Waals surface area contributed by atoms with Crippen molar-refractivity contribution >= 4 is 17.2 Å². The summed E-state index contributed by atoms with van der Waals surface area (Å²) in [6, 6.07) is 7.49. The Kier molecular flexibility index (Phi) is 6.67. The summed E-state index contributed by atoms with van der Waals surface area (Å²) >= 11 is 1.69. The molecule has 2 aromatic heterocycles. The summed E-state index contributed by atoms with van der Waals surface area (Å²) in [7, 11) is 3.60. The molecule has 31 heavy (non-hydrogen) atoms. The first-order valence-corrected chi connectivity index (χ1v) is 11.5. The molecular weight excluding hydrogens is 410 g/mol.